The van der Waals surface area contributed by atoms with Gasteiger partial charge in [-0.3, -0.25) is 10.1 Å². The Morgan fingerprint density at radius 2 is 2.08 bits per heavy atom. The zero-order valence-electron chi connectivity index (χ0n) is 15.0. The second-order valence-electron chi connectivity index (χ2n) is 7.13. The number of amides is 3. The Morgan fingerprint density at radius 3 is 2.81 bits per heavy atom. The summed E-state index contributed by atoms with van der Waals surface area (Å²) in [6.07, 6.45) is 3.43. The van der Waals surface area contributed by atoms with Gasteiger partial charge in [-0.2, -0.15) is 0 Å². The van der Waals surface area contributed by atoms with Crippen LogP contribution in [0.2, 0.25) is 0 Å². The van der Waals surface area contributed by atoms with Crippen molar-refractivity contribution in [3.05, 3.63) is 24.0 Å². The molecule has 2 aliphatic heterocycles. The van der Waals surface area contributed by atoms with Gasteiger partial charge < -0.3 is 19.5 Å². The van der Waals surface area contributed by atoms with Crippen molar-refractivity contribution < 1.29 is 14.0 Å². The summed E-state index contributed by atoms with van der Waals surface area (Å²) in [5.41, 5.74) is 1.30. The number of aromatic nitrogens is 1. The molecule has 0 bridgehead atoms. The minimum atomic E-state index is -0.792. The molecule has 0 aliphatic carbocycles. The normalized spacial score (nSPS) is 24.0. The van der Waals surface area contributed by atoms with Gasteiger partial charge in [-0.25, -0.2) is 9.78 Å². The molecular formula is C18H23N5O3. The standard InChI is InChI=1S/C18H23N5O3/c1-22(2)11-4-3-8-23(9-7-11)15-6-5-13-12(19-15)10-14(26-13)16-17(24)21-18(25)20-16/h5-6,10-11,16H,3-4,7-9H2,1-2H3,(H2,20,21,24,25). The van der Waals surface area contributed by atoms with E-state index in [1.165, 1.54) is 6.42 Å². The van der Waals surface area contributed by atoms with Crippen LogP contribution in [0.4, 0.5) is 10.6 Å². The van der Waals surface area contributed by atoms with Gasteiger partial charge in [0.05, 0.1) is 0 Å². The Kier molecular flexibility index (Phi) is 4.28. The van der Waals surface area contributed by atoms with Crippen molar-refractivity contribution in [1.29, 1.82) is 0 Å². The largest absolute Gasteiger partial charge is 0.457 e. The molecule has 0 aromatic carbocycles. The maximum Gasteiger partial charge on any atom is 0.322 e. The van der Waals surface area contributed by atoms with Crippen molar-refractivity contribution >= 4 is 28.9 Å². The molecule has 0 saturated carbocycles. The van der Waals surface area contributed by atoms with Gasteiger partial charge in [0.1, 0.15) is 17.1 Å². The number of furan rings is 1. The van der Waals surface area contributed by atoms with Crippen LogP contribution in [-0.4, -0.2) is 55.0 Å². The molecule has 2 aromatic rings. The van der Waals surface area contributed by atoms with E-state index in [-0.39, 0.29) is 0 Å². The number of hydrogen-bond acceptors (Lipinski definition) is 6. The Morgan fingerprint density at radius 1 is 1.23 bits per heavy atom. The summed E-state index contributed by atoms with van der Waals surface area (Å²) in [5.74, 6) is 0.914. The predicted octanol–water partition coefficient (Wildman–Crippen LogP) is 1.63. The minimum absolute atomic E-state index is 0.400. The highest BCUT2D eigenvalue weighted by molar-refractivity contribution is 6.04. The van der Waals surface area contributed by atoms with Gasteiger partial charge in [-0.1, -0.05) is 0 Å². The molecule has 8 heteroatoms. The number of urea groups is 1. The fourth-order valence-corrected chi connectivity index (χ4v) is 3.69. The zero-order valence-corrected chi connectivity index (χ0v) is 15.0. The van der Waals surface area contributed by atoms with Crippen LogP contribution in [0.3, 0.4) is 0 Å². The molecule has 2 aromatic heterocycles. The zero-order chi connectivity index (χ0) is 18.3. The van der Waals surface area contributed by atoms with E-state index in [0.29, 0.717) is 22.9 Å². The molecule has 0 spiro atoms. The average Bonchev–Trinajstić information content (AvgIpc) is 3.06. The second kappa shape index (κ2) is 6.60. The van der Waals surface area contributed by atoms with Crippen LogP contribution >= 0.6 is 0 Å². The Labute approximate surface area is 151 Å². The van der Waals surface area contributed by atoms with E-state index in [1.807, 2.05) is 12.1 Å². The average molecular weight is 357 g/mol. The molecule has 4 rings (SSSR count). The summed E-state index contributed by atoms with van der Waals surface area (Å²) in [6, 6.07) is 4.88. The Balaban J connectivity index is 1.56. The molecule has 4 heterocycles. The number of nitrogens with zero attached hydrogens (tertiary/aromatic N) is 3. The van der Waals surface area contributed by atoms with Gasteiger partial charge in [0.25, 0.3) is 5.91 Å². The number of carbonyl (C=O) groups excluding carboxylic acids is 2. The third-order valence-electron chi connectivity index (χ3n) is 5.19. The van der Waals surface area contributed by atoms with Gasteiger partial charge in [-0.15, -0.1) is 0 Å². The first kappa shape index (κ1) is 16.8. The molecule has 3 amide bonds. The van der Waals surface area contributed by atoms with E-state index in [4.69, 9.17) is 9.40 Å². The van der Waals surface area contributed by atoms with Crippen molar-refractivity contribution in [2.45, 2.75) is 31.3 Å². The molecule has 2 atom stereocenters. The molecule has 2 saturated heterocycles. The van der Waals surface area contributed by atoms with Crippen LogP contribution in [0.5, 0.6) is 0 Å². The van der Waals surface area contributed by atoms with Crippen LogP contribution in [0.25, 0.3) is 11.1 Å². The van der Waals surface area contributed by atoms with Gasteiger partial charge in [0.15, 0.2) is 11.6 Å². The van der Waals surface area contributed by atoms with Crippen LogP contribution in [0.1, 0.15) is 31.1 Å². The van der Waals surface area contributed by atoms with E-state index < -0.39 is 18.0 Å². The molecule has 8 nitrogen and oxygen atoms in total. The molecular weight excluding hydrogens is 334 g/mol. The number of carbonyl (C=O) groups is 2. The molecule has 26 heavy (non-hydrogen) atoms. The molecule has 2 unspecified atom stereocenters. The van der Waals surface area contributed by atoms with Crippen LogP contribution in [0, 0.1) is 0 Å². The summed E-state index contributed by atoms with van der Waals surface area (Å²) in [7, 11) is 4.27. The van der Waals surface area contributed by atoms with Gasteiger partial charge in [-0.05, 0) is 45.5 Å². The second-order valence-corrected chi connectivity index (χ2v) is 7.13. The number of imide groups is 1. The first-order valence-electron chi connectivity index (χ1n) is 8.94. The summed E-state index contributed by atoms with van der Waals surface area (Å²) < 4.78 is 5.72. The summed E-state index contributed by atoms with van der Waals surface area (Å²) >= 11 is 0. The van der Waals surface area contributed by atoms with E-state index >= 15 is 0 Å². The number of hydrogen-bond donors (Lipinski definition) is 2. The molecule has 0 radical (unpaired) electrons. The fourth-order valence-electron chi connectivity index (χ4n) is 3.69. The van der Waals surface area contributed by atoms with Crippen LogP contribution < -0.4 is 15.5 Å². The molecule has 2 aliphatic rings. The van der Waals surface area contributed by atoms with Crippen LogP contribution in [-0.2, 0) is 4.79 Å². The molecule has 2 fully saturated rings. The third kappa shape index (κ3) is 3.12. The fraction of sp³-hybridized carbons (Fsp3) is 0.500. The van der Waals surface area contributed by atoms with Gasteiger partial charge >= 0.3 is 6.03 Å². The lowest BCUT2D eigenvalue weighted by atomic mass is 10.1. The van der Waals surface area contributed by atoms with E-state index in [1.54, 1.807) is 6.07 Å². The number of nitrogens with one attached hydrogen (secondary N) is 2. The highest BCUT2D eigenvalue weighted by Crippen LogP contribution is 2.27. The number of anilines is 1. The van der Waals surface area contributed by atoms with E-state index in [0.717, 1.165) is 31.7 Å². The topological polar surface area (TPSA) is 90.7 Å². The van der Waals surface area contributed by atoms with Crippen molar-refractivity contribution in [2.75, 3.05) is 32.1 Å². The van der Waals surface area contributed by atoms with E-state index in [2.05, 4.69) is 34.5 Å². The highest BCUT2D eigenvalue weighted by atomic mass is 16.3. The number of rotatable bonds is 3. The number of pyridine rings is 1. The monoisotopic (exact) mass is 357 g/mol. The lowest BCUT2D eigenvalue weighted by Gasteiger charge is -2.24. The maximum absolute atomic E-state index is 11.8. The number of fused-ring (bicyclic) bond motifs is 1. The highest BCUT2D eigenvalue weighted by Gasteiger charge is 2.33. The van der Waals surface area contributed by atoms with Crippen molar-refractivity contribution in [1.82, 2.24) is 20.5 Å². The lowest BCUT2D eigenvalue weighted by Crippen LogP contribution is -2.30. The minimum Gasteiger partial charge on any atom is -0.457 e. The quantitative estimate of drug-likeness (QED) is 0.812. The van der Waals surface area contributed by atoms with Gasteiger partial charge in [0, 0.05) is 25.2 Å². The summed E-state index contributed by atoms with van der Waals surface area (Å²) in [6.45, 7) is 1.95. The summed E-state index contributed by atoms with van der Waals surface area (Å²) in [5, 5.41) is 4.76. The van der Waals surface area contributed by atoms with Crippen molar-refractivity contribution in [3.63, 3.8) is 0 Å². The van der Waals surface area contributed by atoms with Crippen molar-refractivity contribution in [2.24, 2.45) is 0 Å². The Hall–Kier alpha value is -2.61. The first-order valence-corrected chi connectivity index (χ1v) is 8.94. The molecule has 138 valence electrons. The van der Waals surface area contributed by atoms with E-state index in [9.17, 15) is 9.59 Å². The summed E-state index contributed by atoms with van der Waals surface area (Å²) in [4.78, 5) is 32.4. The molecule has 2 N–H and O–H groups in total. The Bertz CT molecular complexity index is 846. The predicted molar refractivity (Wildman–Crippen MR) is 97.0 cm³/mol. The van der Waals surface area contributed by atoms with Crippen LogP contribution in [0.15, 0.2) is 22.6 Å². The third-order valence-corrected chi connectivity index (χ3v) is 5.19. The van der Waals surface area contributed by atoms with Crippen molar-refractivity contribution in [3.8, 4) is 0 Å². The first-order chi connectivity index (χ1) is 12.5. The maximum atomic E-state index is 11.8. The smallest absolute Gasteiger partial charge is 0.322 e. The lowest BCUT2D eigenvalue weighted by molar-refractivity contribution is -0.120. The SMILES string of the molecule is CN(C)C1CCCN(c2ccc3oc(C4NC(=O)NC4=O)cc3n2)CC1. The van der Waals surface area contributed by atoms with Gasteiger partial charge in [0.2, 0.25) is 0 Å².